The van der Waals surface area contributed by atoms with Crippen molar-refractivity contribution in [2.75, 3.05) is 6.54 Å². The van der Waals surface area contributed by atoms with Gasteiger partial charge in [0.05, 0.1) is 4.88 Å². The maximum Gasteiger partial charge on any atom is 0.409 e. The zero-order valence-corrected chi connectivity index (χ0v) is 17.6. The predicted molar refractivity (Wildman–Crippen MR) is 118 cm³/mol. The van der Waals surface area contributed by atoms with Crippen LogP contribution in [0.15, 0.2) is 48.5 Å². The van der Waals surface area contributed by atoms with Gasteiger partial charge >= 0.3 is 6.09 Å². The second kappa shape index (κ2) is 9.36. The number of ether oxygens (including phenoxy) is 1. The van der Waals surface area contributed by atoms with Gasteiger partial charge in [0.15, 0.2) is 5.78 Å². The molecule has 1 aromatic heterocycles. The molecule has 0 radical (unpaired) electrons. The van der Waals surface area contributed by atoms with E-state index in [4.69, 9.17) is 10.5 Å². The van der Waals surface area contributed by atoms with E-state index in [1.165, 1.54) is 17.4 Å². The monoisotopic (exact) mass is 439 g/mol. The molecule has 3 N–H and O–H groups in total. The smallest absolute Gasteiger partial charge is 0.409 e. The van der Waals surface area contributed by atoms with E-state index in [9.17, 15) is 14.0 Å². The molecule has 4 rings (SSSR count). The minimum Gasteiger partial charge on any atom is -0.410 e. The fourth-order valence-electron chi connectivity index (χ4n) is 3.69. The summed E-state index contributed by atoms with van der Waals surface area (Å²) in [5, 5.41) is 3.91. The van der Waals surface area contributed by atoms with Crippen molar-refractivity contribution in [3.05, 3.63) is 60.0 Å². The Morgan fingerprint density at radius 3 is 2.77 bits per heavy atom. The zero-order chi connectivity index (χ0) is 21.8. The van der Waals surface area contributed by atoms with Crippen LogP contribution in [0.1, 0.15) is 36.2 Å². The van der Waals surface area contributed by atoms with Gasteiger partial charge in [-0.25, -0.2) is 14.2 Å². The Bertz CT molecular complexity index is 1110. The number of hydrogen-bond donors (Lipinski definition) is 2. The normalized spacial score (nSPS) is 16.1. The Labute approximate surface area is 183 Å². The van der Waals surface area contributed by atoms with Crippen LogP contribution in [0.5, 0.6) is 5.75 Å². The average molecular weight is 440 g/mol. The molecule has 1 saturated heterocycles. The van der Waals surface area contributed by atoms with Crippen LogP contribution in [0.2, 0.25) is 0 Å². The van der Waals surface area contributed by atoms with E-state index in [2.05, 4.69) is 10.3 Å². The van der Waals surface area contributed by atoms with Crippen molar-refractivity contribution < 1.29 is 18.7 Å². The number of nitrogens with one attached hydrogen (secondary N) is 1. The van der Waals surface area contributed by atoms with E-state index in [0.29, 0.717) is 27.4 Å². The lowest BCUT2D eigenvalue weighted by Gasteiger charge is -2.22. The minimum atomic E-state index is -0.917. The van der Waals surface area contributed by atoms with E-state index >= 15 is 0 Å². The molecule has 1 amide bonds. The predicted octanol–water partition coefficient (Wildman–Crippen LogP) is 4.79. The van der Waals surface area contributed by atoms with Gasteiger partial charge in [-0.05, 0) is 37.6 Å². The van der Waals surface area contributed by atoms with Crippen LogP contribution in [0.4, 0.5) is 9.18 Å². The van der Waals surface area contributed by atoms with E-state index < -0.39 is 11.9 Å². The molecule has 160 valence electrons. The highest BCUT2D eigenvalue weighted by atomic mass is 32.1. The van der Waals surface area contributed by atoms with Crippen molar-refractivity contribution in [2.45, 2.75) is 31.7 Å². The first kappa shape index (κ1) is 21.1. The third-order valence-corrected chi connectivity index (χ3v) is 6.29. The fraction of sp³-hybridized carbons (Fsp3) is 0.261. The molecule has 0 aliphatic carbocycles. The molecule has 1 fully saturated rings. The number of hydrogen-bond acceptors (Lipinski definition) is 6. The molecule has 0 saturated carbocycles. The summed E-state index contributed by atoms with van der Waals surface area (Å²) in [5.74, 6) is -0.259. The number of halogens is 1. The molecule has 0 bridgehead atoms. The van der Waals surface area contributed by atoms with E-state index in [1.54, 1.807) is 42.5 Å². The lowest BCUT2D eigenvalue weighted by atomic mass is 9.98. The van der Waals surface area contributed by atoms with Crippen molar-refractivity contribution in [1.82, 2.24) is 10.3 Å². The molecule has 8 heteroatoms. The summed E-state index contributed by atoms with van der Waals surface area (Å²) in [6.07, 6.45) is 2.52. The van der Waals surface area contributed by atoms with Crippen LogP contribution in [0, 0.1) is 5.82 Å². The summed E-state index contributed by atoms with van der Waals surface area (Å²) >= 11 is 1.23. The number of rotatable bonds is 6. The van der Waals surface area contributed by atoms with Gasteiger partial charge in [0.2, 0.25) is 0 Å². The summed E-state index contributed by atoms with van der Waals surface area (Å²) in [6.45, 7) is 0.896. The lowest BCUT2D eigenvalue weighted by molar-refractivity contribution is 0.0960. The van der Waals surface area contributed by atoms with Gasteiger partial charge in [-0.3, -0.25) is 4.79 Å². The van der Waals surface area contributed by atoms with Gasteiger partial charge in [-0.2, -0.15) is 0 Å². The number of piperidine rings is 1. The second-order valence-electron chi connectivity index (χ2n) is 7.40. The molecule has 2 heterocycles. The van der Waals surface area contributed by atoms with Gasteiger partial charge in [0.25, 0.3) is 0 Å². The summed E-state index contributed by atoms with van der Waals surface area (Å²) in [4.78, 5) is 29.3. The van der Waals surface area contributed by atoms with Crippen LogP contribution in [0.25, 0.3) is 21.0 Å². The van der Waals surface area contributed by atoms with Crippen molar-refractivity contribution >= 4 is 23.2 Å². The number of amides is 1. The Morgan fingerprint density at radius 2 is 2.03 bits per heavy atom. The first-order valence-corrected chi connectivity index (χ1v) is 10.9. The van der Waals surface area contributed by atoms with Crippen LogP contribution in [0.3, 0.4) is 0 Å². The summed E-state index contributed by atoms with van der Waals surface area (Å²) in [6, 6.07) is 13.2. The first-order chi connectivity index (χ1) is 15.0. The molecule has 1 aliphatic rings. The molecule has 2 aromatic carbocycles. The number of ketones is 1. The van der Waals surface area contributed by atoms with E-state index in [1.807, 2.05) is 0 Å². The SMILES string of the molecule is NC(=O)Oc1cccc(-c2nc(C(=O)CC3CCCCN3)c(-c3ccccc3F)s2)c1. The van der Waals surface area contributed by atoms with Crippen molar-refractivity contribution in [3.63, 3.8) is 0 Å². The number of Topliss-reactive ketones (excluding diaryl/α,β-unsaturated/α-hetero) is 1. The number of benzene rings is 2. The lowest BCUT2D eigenvalue weighted by Crippen LogP contribution is -2.35. The van der Waals surface area contributed by atoms with Gasteiger partial charge in [0, 0.05) is 23.6 Å². The molecule has 3 aromatic rings. The van der Waals surface area contributed by atoms with Crippen LogP contribution in [-0.4, -0.2) is 29.4 Å². The van der Waals surface area contributed by atoms with Gasteiger partial charge in [-0.1, -0.05) is 36.8 Å². The summed E-state index contributed by atoms with van der Waals surface area (Å²) in [5.41, 5.74) is 6.35. The quantitative estimate of drug-likeness (QED) is 0.539. The van der Waals surface area contributed by atoms with Crippen LogP contribution < -0.4 is 15.8 Å². The highest BCUT2D eigenvalue weighted by Gasteiger charge is 2.25. The minimum absolute atomic E-state index is 0.104. The number of carbonyl (C=O) groups excluding carboxylic acids is 2. The highest BCUT2D eigenvalue weighted by molar-refractivity contribution is 7.18. The number of aromatic nitrogens is 1. The number of nitrogens with two attached hydrogens (primary N) is 1. The molecule has 6 nitrogen and oxygen atoms in total. The van der Waals surface area contributed by atoms with Crippen molar-refractivity contribution in [1.29, 1.82) is 0 Å². The Morgan fingerprint density at radius 1 is 1.19 bits per heavy atom. The third kappa shape index (κ3) is 4.98. The van der Waals surface area contributed by atoms with E-state index in [0.717, 1.165) is 25.8 Å². The number of primary amides is 1. The number of thiazole rings is 1. The number of nitrogens with zero attached hydrogens (tertiary/aromatic N) is 1. The summed E-state index contributed by atoms with van der Waals surface area (Å²) < 4.78 is 19.5. The third-order valence-electron chi connectivity index (χ3n) is 5.15. The van der Waals surface area contributed by atoms with Crippen LogP contribution >= 0.6 is 11.3 Å². The van der Waals surface area contributed by atoms with Gasteiger partial charge in [0.1, 0.15) is 22.3 Å². The zero-order valence-electron chi connectivity index (χ0n) is 16.8. The largest absolute Gasteiger partial charge is 0.410 e. The first-order valence-electron chi connectivity index (χ1n) is 10.1. The summed E-state index contributed by atoms with van der Waals surface area (Å²) in [7, 11) is 0. The standard InChI is InChI=1S/C23H22FN3O3S/c24-18-10-2-1-9-17(18)21-20(19(28)13-15-7-3-4-11-26-15)27-22(31-21)14-6-5-8-16(12-14)30-23(25)29/h1-2,5-6,8-10,12,15,26H,3-4,7,11,13H2,(H2,25,29). The molecule has 0 spiro atoms. The maximum absolute atomic E-state index is 14.6. The van der Waals surface area contributed by atoms with Crippen molar-refractivity contribution in [3.8, 4) is 26.8 Å². The molecule has 1 unspecified atom stereocenters. The number of carbonyl (C=O) groups is 2. The molecular weight excluding hydrogens is 417 g/mol. The highest BCUT2D eigenvalue weighted by Crippen LogP contribution is 2.38. The van der Waals surface area contributed by atoms with Gasteiger partial charge in [-0.15, -0.1) is 11.3 Å². The maximum atomic E-state index is 14.6. The Hall–Kier alpha value is -3.10. The second-order valence-corrected chi connectivity index (χ2v) is 8.40. The van der Waals surface area contributed by atoms with E-state index in [-0.39, 0.29) is 23.3 Å². The van der Waals surface area contributed by atoms with Crippen LogP contribution in [-0.2, 0) is 0 Å². The Kier molecular flexibility index (Phi) is 6.39. The molecule has 1 atom stereocenters. The average Bonchev–Trinajstić information content (AvgIpc) is 3.20. The molecule has 31 heavy (non-hydrogen) atoms. The molecular formula is C23H22FN3O3S. The van der Waals surface area contributed by atoms with Gasteiger partial charge < -0.3 is 15.8 Å². The molecule has 1 aliphatic heterocycles. The Balaban J connectivity index is 1.73. The van der Waals surface area contributed by atoms with Crippen molar-refractivity contribution in [2.24, 2.45) is 5.73 Å². The topological polar surface area (TPSA) is 94.3 Å². The fourth-order valence-corrected chi connectivity index (χ4v) is 4.79.